The van der Waals surface area contributed by atoms with Crippen molar-refractivity contribution in [2.75, 3.05) is 31.1 Å². The van der Waals surface area contributed by atoms with Gasteiger partial charge in [0.2, 0.25) is 5.91 Å². The summed E-state index contributed by atoms with van der Waals surface area (Å²) in [6.07, 6.45) is 6.43. The van der Waals surface area contributed by atoms with E-state index in [0.29, 0.717) is 11.7 Å². The molecule has 4 heterocycles. The number of hydrogen-bond acceptors (Lipinski definition) is 5. The third kappa shape index (κ3) is 2.48. The van der Waals surface area contributed by atoms with Gasteiger partial charge in [0, 0.05) is 37.9 Å². The molecule has 0 N–H and O–H groups in total. The minimum Gasteiger partial charge on any atom is -0.356 e. The first-order valence-corrected chi connectivity index (χ1v) is 9.40. The minimum absolute atomic E-state index is 0.103. The lowest BCUT2D eigenvalue weighted by molar-refractivity contribution is -0.134. The number of aromatic nitrogens is 4. The van der Waals surface area contributed by atoms with E-state index >= 15 is 0 Å². The van der Waals surface area contributed by atoms with E-state index in [2.05, 4.69) is 24.9 Å². The standard InChI is InChI=1S/C18H24N6O/c1-12-7-16(24-18(21-12)19-11-20-24)22-6-5-15(10-22)17(25)23-8-13-3-2-4-14(13)9-23/h7,11,13-15H,2-6,8-10H2,1H3. The van der Waals surface area contributed by atoms with Crippen molar-refractivity contribution in [3.8, 4) is 0 Å². The summed E-state index contributed by atoms with van der Waals surface area (Å²) < 4.78 is 1.78. The molecule has 5 rings (SSSR count). The van der Waals surface area contributed by atoms with Crippen LogP contribution in [-0.4, -0.2) is 56.6 Å². The van der Waals surface area contributed by atoms with E-state index in [1.165, 1.54) is 25.6 Å². The highest BCUT2D eigenvalue weighted by molar-refractivity contribution is 5.80. The van der Waals surface area contributed by atoms with Crippen molar-refractivity contribution in [1.29, 1.82) is 0 Å². The van der Waals surface area contributed by atoms with Gasteiger partial charge in [0.25, 0.3) is 5.78 Å². The Bertz CT molecular complexity index is 805. The van der Waals surface area contributed by atoms with Crippen molar-refractivity contribution in [1.82, 2.24) is 24.5 Å². The quantitative estimate of drug-likeness (QED) is 0.829. The number of likely N-dealkylation sites (tertiary alicyclic amines) is 1. The van der Waals surface area contributed by atoms with Crippen molar-refractivity contribution in [2.45, 2.75) is 32.6 Å². The first-order chi connectivity index (χ1) is 12.2. The van der Waals surface area contributed by atoms with E-state index < -0.39 is 0 Å². The number of fused-ring (bicyclic) bond motifs is 2. The van der Waals surface area contributed by atoms with Crippen LogP contribution in [0.15, 0.2) is 12.4 Å². The molecule has 3 aliphatic rings. The van der Waals surface area contributed by atoms with Gasteiger partial charge in [-0.3, -0.25) is 4.79 Å². The number of hydrogen-bond donors (Lipinski definition) is 0. The topological polar surface area (TPSA) is 66.6 Å². The first kappa shape index (κ1) is 15.1. The van der Waals surface area contributed by atoms with Crippen LogP contribution in [0.5, 0.6) is 0 Å². The van der Waals surface area contributed by atoms with Gasteiger partial charge in [-0.1, -0.05) is 6.42 Å². The van der Waals surface area contributed by atoms with E-state index in [0.717, 1.165) is 55.9 Å². The summed E-state index contributed by atoms with van der Waals surface area (Å²) in [6, 6.07) is 2.04. The third-order valence-electron chi connectivity index (χ3n) is 6.26. The molecule has 1 aliphatic carbocycles. The van der Waals surface area contributed by atoms with Crippen LogP contribution in [0.1, 0.15) is 31.4 Å². The molecule has 2 aliphatic heterocycles. The van der Waals surface area contributed by atoms with Crippen molar-refractivity contribution >= 4 is 17.5 Å². The third-order valence-corrected chi connectivity index (χ3v) is 6.26. The zero-order valence-corrected chi connectivity index (χ0v) is 14.6. The largest absolute Gasteiger partial charge is 0.356 e. The average molecular weight is 340 g/mol. The second-order valence-electron chi connectivity index (χ2n) is 7.85. The lowest BCUT2D eigenvalue weighted by Gasteiger charge is -2.23. The summed E-state index contributed by atoms with van der Waals surface area (Å²) in [5, 5.41) is 4.30. The van der Waals surface area contributed by atoms with Crippen LogP contribution in [0.25, 0.3) is 5.78 Å². The smallest absolute Gasteiger partial charge is 0.254 e. The monoisotopic (exact) mass is 340 g/mol. The molecule has 0 bridgehead atoms. The highest BCUT2D eigenvalue weighted by Gasteiger charge is 2.41. The lowest BCUT2D eigenvalue weighted by atomic mass is 10.0. The molecule has 132 valence electrons. The summed E-state index contributed by atoms with van der Waals surface area (Å²) in [5.41, 5.74) is 0.928. The maximum atomic E-state index is 13.0. The minimum atomic E-state index is 0.103. The fourth-order valence-electron chi connectivity index (χ4n) is 4.98. The summed E-state index contributed by atoms with van der Waals surface area (Å²) in [7, 11) is 0. The van der Waals surface area contributed by atoms with Gasteiger partial charge in [0.05, 0.1) is 5.92 Å². The van der Waals surface area contributed by atoms with Crippen molar-refractivity contribution in [3.63, 3.8) is 0 Å². The number of carbonyl (C=O) groups is 1. The molecule has 3 unspecified atom stereocenters. The molecule has 0 spiro atoms. The lowest BCUT2D eigenvalue weighted by Crippen LogP contribution is -2.36. The Morgan fingerprint density at radius 3 is 2.76 bits per heavy atom. The van der Waals surface area contributed by atoms with Crippen molar-refractivity contribution in [3.05, 3.63) is 18.1 Å². The van der Waals surface area contributed by atoms with Gasteiger partial charge < -0.3 is 9.80 Å². The van der Waals surface area contributed by atoms with Gasteiger partial charge in [0.15, 0.2) is 0 Å². The number of aryl methyl sites for hydroxylation is 1. The Labute approximate surface area is 147 Å². The molecule has 25 heavy (non-hydrogen) atoms. The van der Waals surface area contributed by atoms with E-state index in [1.807, 2.05) is 13.0 Å². The van der Waals surface area contributed by atoms with E-state index in [4.69, 9.17) is 0 Å². The number of anilines is 1. The van der Waals surface area contributed by atoms with Gasteiger partial charge in [-0.2, -0.15) is 14.6 Å². The van der Waals surface area contributed by atoms with Crippen LogP contribution in [0, 0.1) is 24.7 Å². The zero-order chi connectivity index (χ0) is 17.0. The molecule has 2 saturated heterocycles. The number of carbonyl (C=O) groups excluding carboxylic acids is 1. The molecular formula is C18H24N6O. The fraction of sp³-hybridized carbons (Fsp3) is 0.667. The Balaban J connectivity index is 1.32. The van der Waals surface area contributed by atoms with Gasteiger partial charge in [0.1, 0.15) is 12.1 Å². The second kappa shape index (κ2) is 5.68. The highest BCUT2D eigenvalue weighted by atomic mass is 16.2. The summed E-state index contributed by atoms with van der Waals surface area (Å²) in [5.74, 6) is 3.60. The van der Waals surface area contributed by atoms with Crippen LogP contribution >= 0.6 is 0 Å². The van der Waals surface area contributed by atoms with E-state index in [9.17, 15) is 4.79 Å². The molecule has 3 fully saturated rings. The highest BCUT2D eigenvalue weighted by Crippen LogP contribution is 2.38. The average Bonchev–Trinajstić information content (AvgIpc) is 3.34. The van der Waals surface area contributed by atoms with Crippen LogP contribution in [0.4, 0.5) is 5.82 Å². The van der Waals surface area contributed by atoms with Gasteiger partial charge in [-0.05, 0) is 38.0 Å². The normalized spacial score (nSPS) is 28.9. The second-order valence-corrected chi connectivity index (χ2v) is 7.85. The van der Waals surface area contributed by atoms with Crippen molar-refractivity contribution in [2.24, 2.45) is 17.8 Å². The molecule has 7 nitrogen and oxygen atoms in total. The summed E-state index contributed by atoms with van der Waals surface area (Å²) in [6.45, 7) is 5.60. The molecule has 1 amide bonds. The Morgan fingerprint density at radius 2 is 1.96 bits per heavy atom. The molecular weight excluding hydrogens is 316 g/mol. The molecule has 1 saturated carbocycles. The SMILES string of the molecule is Cc1cc(N2CCC(C(=O)N3CC4CCCC4C3)C2)n2ncnc2n1. The Hall–Kier alpha value is -2.18. The summed E-state index contributed by atoms with van der Waals surface area (Å²) >= 11 is 0. The number of amides is 1. The zero-order valence-electron chi connectivity index (χ0n) is 14.6. The van der Waals surface area contributed by atoms with Gasteiger partial charge in [-0.15, -0.1) is 0 Å². The summed E-state index contributed by atoms with van der Waals surface area (Å²) in [4.78, 5) is 26.0. The Morgan fingerprint density at radius 1 is 1.16 bits per heavy atom. The number of rotatable bonds is 2. The van der Waals surface area contributed by atoms with Crippen LogP contribution in [0.3, 0.4) is 0 Å². The molecule has 7 heteroatoms. The van der Waals surface area contributed by atoms with E-state index in [1.54, 1.807) is 4.52 Å². The molecule has 2 aromatic heterocycles. The number of nitrogens with zero attached hydrogens (tertiary/aromatic N) is 6. The van der Waals surface area contributed by atoms with Crippen LogP contribution in [0.2, 0.25) is 0 Å². The van der Waals surface area contributed by atoms with E-state index in [-0.39, 0.29) is 5.92 Å². The van der Waals surface area contributed by atoms with Gasteiger partial charge >= 0.3 is 0 Å². The predicted molar refractivity (Wildman–Crippen MR) is 93.3 cm³/mol. The van der Waals surface area contributed by atoms with Gasteiger partial charge in [-0.25, -0.2) is 4.98 Å². The van der Waals surface area contributed by atoms with Crippen LogP contribution in [-0.2, 0) is 4.79 Å². The van der Waals surface area contributed by atoms with Crippen LogP contribution < -0.4 is 4.90 Å². The maximum absolute atomic E-state index is 13.0. The molecule has 0 radical (unpaired) electrons. The maximum Gasteiger partial charge on any atom is 0.254 e. The van der Waals surface area contributed by atoms with Crippen molar-refractivity contribution < 1.29 is 4.79 Å². The fourth-order valence-corrected chi connectivity index (χ4v) is 4.98. The Kier molecular flexibility index (Phi) is 3.43. The molecule has 2 aromatic rings. The first-order valence-electron chi connectivity index (χ1n) is 9.40. The predicted octanol–water partition coefficient (Wildman–Crippen LogP) is 1.52. The molecule has 3 atom stereocenters. The molecule has 0 aromatic carbocycles.